The molecule has 2 aliphatic heterocycles. The Kier molecular flexibility index (Phi) is 3.43. The van der Waals surface area contributed by atoms with Gasteiger partial charge in [0.15, 0.2) is 0 Å². The maximum absolute atomic E-state index is 12.5. The van der Waals surface area contributed by atoms with Crippen LogP contribution in [0.25, 0.3) is 0 Å². The normalized spacial score (nSPS) is 22.1. The number of nitrogens with one attached hydrogen (secondary N) is 1. The van der Waals surface area contributed by atoms with Gasteiger partial charge in [-0.3, -0.25) is 4.79 Å². The SMILES string of the molecule is Cn1cc(Br)cc1C(=O)N1CCC2(CCNC2)CC1. The fourth-order valence-corrected chi connectivity index (χ4v) is 3.83. The van der Waals surface area contributed by atoms with Gasteiger partial charge >= 0.3 is 0 Å². The van der Waals surface area contributed by atoms with E-state index in [-0.39, 0.29) is 5.91 Å². The summed E-state index contributed by atoms with van der Waals surface area (Å²) >= 11 is 3.42. The van der Waals surface area contributed by atoms with E-state index in [2.05, 4.69) is 21.2 Å². The molecular weight excluding hydrogens is 306 g/mol. The van der Waals surface area contributed by atoms with Crippen molar-refractivity contribution in [1.29, 1.82) is 0 Å². The van der Waals surface area contributed by atoms with Gasteiger partial charge in [0, 0.05) is 37.4 Å². The van der Waals surface area contributed by atoms with E-state index in [9.17, 15) is 4.79 Å². The second-order valence-electron chi connectivity index (χ2n) is 5.87. The zero-order valence-electron chi connectivity index (χ0n) is 11.3. The largest absolute Gasteiger partial charge is 0.345 e. The number of aryl methyl sites for hydroxylation is 1. The molecule has 2 saturated heterocycles. The fourth-order valence-electron chi connectivity index (χ4n) is 3.31. The lowest BCUT2D eigenvalue weighted by Crippen LogP contribution is -2.44. The van der Waals surface area contributed by atoms with E-state index < -0.39 is 0 Å². The summed E-state index contributed by atoms with van der Waals surface area (Å²) < 4.78 is 2.86. The predicted octanol–water partition coefficient (Wildman–Crippen LogP) is 2.00. The number of nitrogens with zero attached hydrogens (tertiary/aromatic N) is 2. The van der Waals surface area contributed by atoms with E-state index in [0.717, 1.165) is 49.2 Å². The topological polar surface area (TPSA) is 37.3 Å². The molecule has 4 nitrogen and oxygen atoms in total. The molecule has 1 N–H and O–H groups in total. The number of rotatable bonds is 1. The van der Waals surface area contributed by atoms with Gasteiger partial charge in [0.2, 0.25) is 0 Å². The highest BCUT2D eigenvalue weighted by molar-refractivity contribution is 9.10. The molecule has 3 heterocycles. The molecule has 2 aliphatic rings. The van der Waals surface area contributed by atoms with E-state index in [0.29, 0.717) is 5.41 Å². The monoisotopic (exact) mass is 325 g/mol. The summed E-state index contributed by atoms with van der Waals surface area (Å²) in [6.07, 6.45) is 5.47. The van der Waals surface area contributed by atoms with Gasteiger partial charge in [-0.2, -0.15) is 0 Å². The molecule has 0 saturated carbocycles. The fraction of sp³-hybridized carbons (Fsp3) is 0.643. The van der Waals surface area contributed by atoms with Crippen LogP contribution in [0, 0.1) is 5.41 Å². The Bertz CT molecular complexity index is 481. The first-order valence-corrected chi connectivity index (χ1v) is 7.71. The third kappa shape index (κ3) is 2.46. The zero-order chi connectivity index (χ0) is 13.5. The van der Waals surface area contributed by atoms with Crippen LogP contribution >= 0.6 is 15.9 Å². The maximum atomic E-state index is 12.5. The van der Waals surface area contributed by atoms with Crippen molar-refractivity contribution < 1.29 is 4.79 Å². The summed E-state index contributed by atoms with van der Waals surface area (Å²) in [5, 5.41) is 3.46. The second kappa shape index (κ2) is 4.94. The van der Waals surface area contributed by atoms with Gasteiger partial charge in [0.25, 0.3) is 5.91 Å². The average molecular weight is 326 g/mol. The lowest BCUT2D eigenvalue weighted by Gasteiger charge is -2.38. The van der Waals surface area contributed by atoms with Crippen LogP contribution in [0.1, 0.15) is 29.8 Å². The van der Waals surface area contributed by atoms with Gasteiger partial charge in [0.1, 0.15) is 5.69 Å². The quantitative estimate of drug-likeness (QED) is 0.857. The Labute approximate surface area is 122 Å². The number of hydrogen-bond donors (Lipinski definition) is 1. The minimum absolute atomic E-state index is 0.161. The van der Waals surface area contributed by atoms with E-state index >= 15 is 0 Å². The molecule has 19 heavy (non-hydrogen) atoms. The molecule has 0 unspecified atom stereocenters. The maximum Gasteiger partial charge on any atom is 0.270 e. The highest BCUT2D eigenvalue weighted by Gasteiger charge is 2.38. The van der Waals surface area contributed by atoms with Crippen LogP contribution < -0.4 is 5.32 Å². The minimum Gasteiger partial charge on any atom is -0.345 e. The molecule has 0 aromatic carbocycles. The summed E-state index contributed by atoms with van der Waals surface area (Å²) in [7, 11) is 1.92. The smallest absolute Gasteiger partial charge is 0.270 e. The molecule has 1 aromatic rings. The molecule has 2 fully saturated rings. The Morgan fingerprint density at radius 1 is 1.37 bits per heavy atom. The first kappa shape index (κ1) is 13.2. The van der Waals surface area contributed by atoms with Crippen molar-refractivity contribution in [3.8, 4) is 0 Å². The number of likely N-dealkylation sites (tertiary alicyclic amines) is 1. The number of aromatic nitrogens is 1. The lowest BCUT2D eigenvalue weighted by molar-refractivity contribution is 0.0598. The van der Waals surface area contributed by atoms with Crippen molar-refractivity contribution in [2.45, 2.75) is 19.3 Å². The molecule has 0 aliphatic carbocycles. The Morgan fingerprint density at radius 3 is 2.63 bits per heavy atom. The molecule has 1 aromatic heterocycles. The number of halogens is 1. The number of carbonyl (C=O) groups is 1. The van der Waals surface area contributed by atoms with Gasteiger partial charge in [-0.1, -0.05) is 0 Å². The van der Waals surface area contributed by atoms with Gasteiger partial charge in [-0.25, -0.2) is 0 Å². The van der Waals surface area contributed by atoms with E-state index in [1.54, 1.807) is 0 Å². The molecule has 0 bridgehead atoms. The van der Waals surface area contributed by atoms with Crippen LogP contribution in [0.15, 0.2) is 16.7 Å². The Balaban J connectivity index is 1.68. The number of carbonyl (C=O) groups excluding carboxylic acids is 1. The van der Waals surface area contributed by atoms with Gasteiger partial charge in [0.05, 0.1) is 0 Å². The van der Waals surface area contributed by atoms with Crippen LogP contribution in [0.4, 0.5) is 0 Å². The lowest BCUT2D eigenvalue weighted by atomic mass is 9.78. The predicted molar refractivity (Wildman–Crippen MR) is 78.2 cm³/mol. The molecular formula is C14H20BrN3O. The van der Waals surface area contributed by atoms with Gasteiger partial charge in [-0.15, -0.1) is 0 Å². The van der Waals surface area contributed by atoms with Crippen molar-refractivity contribution in [3.05, 3.63) is 22.4 Å². The van der Waals surface area contributed by atoms with Crippen LogP contribution in [-0.4, -0.2) is 41.6 Å². The molecule has 1 amide bonds. The first-order chi connectivity index (χ1) is 9.10. The highest BCUT2D eigenvalue weighted by Crippen LogP contribution is 2.37. The van der Waals surface area contributed by atoms with Crippen molar-refractivity contribution in [1.82, 2.24) is 14.8 Å². The van der Waals surface area contributed by atoms with E-state index in [1.807, 2.05) is 28.8 Å². The van der Waals surface area contributed by atoms with Crippen molar-refractivity contribution in [2.75, 3.05) is 26.2 Å². The molecule has 0 radical (unpaired) electrons. The number of hydrogen-bond acceptors (Lipinski definition) is 2. The van der Waals surface area contributed by atoms with Crippen molar-refractivity contribution in [2.24, 2.45) is 12.5 Å². The number of piperidine rings is 1. The van der Waals surface area contributed by atoms with Crippen LogP contribution in [0.3, 0.4) is 0 Å². The van der Waals surface area contributed by atoms with E-state index in [4.69, 9.17) is 0 Å². The Morgan fingerprint density at radius 2 is 2.11 bits per heavy atom. The van der Waals surface area contributed by atoms with Crippen LogP contribution in [-0.2, 0) is 7.05 Å². The van der Waals surface area contributed by atoms with E-state index in [1.165, 1.54) is 6.42 Å². The molecule has 5 heteroatoms. The minimum atomic E-state index is 0.161. The molecule has 104 valence electrons. The summed E-state index contributed by atoms with van der Waals surface area (Å²) in [4.78, 5) is 14.5. The van der Waals surface area contributed by atoms with Crippen molar-refractivity contribution >= 4 is 21.8 Å². The standard InChI is InChI=1S/C14H20BrN3O/c1-17-9-11(15)8-12(17)13(19)18-6-3-14(4-7-18)2-5-16-10-14/h8-9,16H,2-7,10H2,1H3. The zero-order valence-corrected chi connectivity index (χ0v) is 12.9. The van der Waals surface area contributed by atoms with Crippen LogP contribution in [0.5, 0.6) is 0 Å². The molecule has 3 rings (SSSR count). The first-order valence-electron chi connectivity index (χ1n) is 6.92. The third-order valence-corrected chi connectivity index (χ3v) is 5.07. The molecule has 0 atom stereocenters. The van der Waals surface area contributed by atoms with Crippen LogP contribution in [0.2, 0.25) is 0 Å². The summed E-state index contributed by atoms with van der Waals surface area (Å²) in [5.41, 5.74) is 1.23. The van der Waals surface area contributed by atoms with Crippen molar-refractivity contribution in [3.63, 3.8) is 0 Å². The second-order valence-corrected chi connectivity index (χ2v) is 6.79. The number of amides is 1. The summed E-state index contributed by atoms with van der Waals surface area (Å²) in [5.74, 6) is 0.161. The highest BCUT2D eigenvalue weighted by atomic mass is 79.9. The summed E-state index contributed by atoms with van der Waals surface area (Å²) in [6.45, 7) is 4.05. The van der Waals surface area contributed by atoms with Gasteiger partial charge < -0.3 is 14.8 Å². The molecule has 1 spiro atoms. The summed E-state index contributed by atoms with van der Waals surface area (Å²) in [6, 6.07) is 1.91. The third-order valence-electron chi connectivity index (χ3n) is 4.63. The average Bonchev–Trinajstić information content (AvgIpc) is 2.97. The van der Waals surface area contributed by atoms with Gasteiger partial charge in [-0.05, 0) is 53.2 Å². The Hall–Kier alpha value is -0.810.